The first kappa shape index (κ1) is 20.9. The van der Waals surface area contributed by atoms with Crippen molar-refractivity contribution in [2.45, 2.75) is 19.8 Å². The Morgan fingerprint density at radius 1 is 1.00 bits per heavy atom. The lowest BCUT2D eigenvalue weighted by Crippen LogP contribution is -2.30. The molecule has 0 unspecified atom stereocenters. The van der Waals surface area contributed by atoms with Crippen molar-refractivity contribution in [1.29, 1.82) is 0 Å². The van der Waals surface area contributed by atoms with E-state index in [-0.39, 0.29) is 17.3 Å². The second-order valence-electron chi connectivity index (χ2n) is 8.28. The van der Waals surface area contributed by atoms with E-state index in [4.69, 9.17) is 4.98 Å². The summed E-state index contributed by atoms with van der Waals surface area (Å²) in [5.74, 6) is -0.134. The van der Waals surface area contributed by atoms with E-state index in [1.165, 1.54) is 24.3 Å². The van der Waals surface area contributed by atoms with Crippen LogP contribution in [0.3, 0.4) is 0 Å². The number of halogens is 1. The third-order valence-electron chi connectivity index (χ3n) is 5.86. The van der Waals surface area contributed by atoms with Gasteiger partial charge in [0.25, 0.3) is 11.5 Å². The Morgan fingerprint density at radius 3 is 2.48 bits per heavy atom. The van der Waals surface area contributed by atoms with Crippen LogP contribution < -0.4 is 15.8 Å². The fourth-order valence-electron chi connectivity index (χ4n) is 4.18. The maximum absolute atomic E-state index is 13.6. The molecule has 0 radical (unpaired) electrons. The van der Waals surface area contributed by atoms with Gasteiger partial charge in [-0.15, -0.1) is 0 Å². The number of aromatic nitrogens is 2. The van der Waals surface area contributed by atoms with E-state index in [0.29, 0.717) is 28.1 Å². The highest BCUT2D eigenvalue weighted by atomic mass is 19.1. The van der Waals surface area contributed by atoms with Gasteiger partial charge in [0.05, 0.1) is 16.6 Å². The Labute approximate surface area is 190 Å². The van der Waals surface area contributed by atoms with Crippen LogP contribution in [0.4, 0.5) is 16.0 Å². The maximum Gasteiger partial charge on any atom is 0.267 e. The molecule has 33 heavy (non-hydrogen) atoms. The number of nitrogens with one attached hydrogen (secondary N) is 1. The Kier molecular flexibility index (Phi) is 5.38. The number of aryl methyl sites for hydroxylation is 1. The predicted octanol–water partition coefficient (Wildman–Crippen LogP) is 4.69. The molecule has 1 saturated heterocycles. The van der Waals surface area contributed by atoms with Gasteiger partial charge in [0.2, 0.25) is 5.95 Å². The van der Waals surface area contributed by atoms with Crippen molar-refractivity contribution < 1.29 is 9.18 Å². The second kappa shape index (κ2) is 8.50. The molecule has 6 nitrogen and oxygen atoms in total. The number of hydrogen-bond donors (Lipinski definition) is 1. The third-order valence-corrected chi connectivity index (χ3v) is 5.86. The molecule has 0 atom stereocenters. The Hall–Kier alpha value is -4.00. The summed E-state index contributed by atoms with van der Waals surface area (Å²) in [4.78, 5) is 33.3. The van der Waals surface area contributed by atoms with Gasteiger partial charge in [-0.25, -0.2) is 13.9 Å². The molecule has 5 rings (SSSR count). The van der Waals surface area contributed by atoms with Crippen LogP contribution in [-0.4, -0.2) is 28.5 Å². The summed E-state index contributed by atoms with van der Waals surface area (Å²) in [7, 11) is 0. The zero-order chi connectivity index (χ0) is 22.9. The quantitative estimate of drug-likeness (QED) is 0.498. The highest BCUT2D eigenvalue weighted by molar-refractivity contribution is 6.06. The van der Waals surface area contributed by atoms with Crippen LogP contribution in [0.1, 0.15) is 28.8 Å². The number of anilines is 2. The van der Waals surface area contributed by atoms with E-state index in [2.05, 4.69) is 10.2 Å². The van der Waals surface area contributed by atoms with Gasteiger partial charge in [0, 0.05) is 24.3 Å². The number of carbonyl (C=O) groups is 1. The zero-order valence-corrected chi connectivity index (χ0v) is 18.2. The molecule has 2 heterocycles. The first-order valence-corrected chi connectivity index (χ1v) is 11.0. The molecular formula is C26H23FN4O2. The minimum atomic E-state index is -0.373. The van der Waals surface area contributed by atoms with Gasteiger partial charge in [-0.05, 0) is 79.9 Å². The van der Waals surface area contributed by atoms with Crippen molar-refractivity contribution in [2.24, 2.45) is 0 Å². The lowest BCUT2D eigenvalue weighted by atomic mass is 10.1. The smallest absolute Gasteiger partial charge is 0.267 e. The molecule has 1 aliphatic rings. The van der Waals surface area contributed by atoms with Crippen LogP contribution in [0.5, 0.6) is 0 Å². The number of fused-ring (bicyclic) bond motifs is 1. The molecule has 4 aromatic rings. The monoisotopic (exact) mass is 442 g/mol. The lowest BCUT2D eigenvalue weighted by molar-refractivity contribution is 0.102. The minimum Gasteiger partial charge on any atom is -0.342 e. The first-order chi connectivity index (χ1) is 16.0. The second-order valence-corrected chi connectivity index (χ2v) is 8.28. The highest BCUT2D eigenvalue weighted by Crippen LogP contribution is 2.24. The van der Waals surface area contributed by atoms with E-state index in [1.54, 1.807) is 22.8 Å². The molecular weight excluding hydrogens is 419 g/mol. The van der Waals surface area contributed by atoms with Gasteiger partial charge in [-0.3, -0.25) is 9.59 Å². The minimum absolute atomic E-state index is 0.169. The van der Waals surface area contributed by atoms with E-state index in [9.17, 15) is 14.0 Å². The number of amides is 1. The molecule has 7 heteroatoms. The molecule has 0 saturated carbocycles. The number of carbonyl (C=O) groups excluding carboxylic acids is 1. The van der Waals surface area contributed by atoms with Gasteiger partial charge >= 0.3 is 0 Å². The highest BCUT2D eigenvalue weighted by Gasteiger charge is 2.22. The summed E-state index contributed by atoms with van der Waals surface area (Å²) in [5.41, 5.74) is 2.99. The Morgan fingerprint density at radius 2 is 1.76 bits per heavy atom. The molecule has 1 aliphatic heterocycles. The van der Waals surface area contributed by atoms with E-state index >= 15 is 0 Å². The largest absolute Gasteiger partial charge is 0.342 e. The van der Waals surface area contributed by atoms with Crippen LogP contribution in [0, 0.1) is 12.7 Å². The van der Waals surface area contributed by atoms with Crippen LogP contribution >= 0.6 is 0 Å². The molecule has 1 N–H and O–H groups in total. The summed E-state index contributed by atoms with van der Waals surface area (Å²) < 4.78 is 14.8. The average Bonchev–Trinajstić information content (AvgIpc) is 3.35. The van der Waals surface area contributed by atoms with Crippen molar-refractivity contribution in [2.75, 3.05) is 23.3 Å². The Bertz CT molecular complexity index is 1410. The normalized spacial score (nSPS) is 13.5. The number of rotatable bonds is 4. The molecule has 1 amide bonds. The zero-order valence-electron chi connectivity index (χ0n) is 18.2. The lowest BCUT2D eigenvalue weighted by Gasteiger charge is -2.22. The Balaban J connectivity index is 1.60. The van der Waals surface area contributed by atoms with Gasteiger partial charge in [0.15, 0.2) is 0 Å². The van der Waals surface area contributed by atoms with Gasteiger partial charge in [-0.1, -0.05) is 12.1 Å². The van der Waals surface area contributed by atoms with E-state index in [0.717, 1.165) is 37.2 Å². The molecule has 0 bridgehead atoms. The topological polar surface area (TPSA) is 67.2 Å². The standard InChI is InChI=1S/C26H23FN4O2/c1-17-5-4-6-21(15-17)31-25(33)22-12-7-18(24(32)28-20-10-8-19(27)9-11-20)16-23(22)29-26(31)30-13-2-3-14-30/h4-12,15-16H,2-3,13-14H2,1H3,(H,28,32). The molecule has 1 aromatic heterocycles. The van der Waals surface area contributed by atoms with Crippen LogP contribution in [0.25, 0.3) is 16.6 Å². The van der Waals surface area contributed by atoms with Crippen LogP contribution in [0.15, 0.2) is 71.5 Å². The summed E-state index contributed by atoms with van der Waals surface area (Å²) in [6.07, 6.45) is 2.09. The van der Waals surface area contributed by atoms with Gasteiger partial charge < -0.3 is 10.2 Å². The van der Waals surface area contributed by atoms with E-state index in [1.807, 2.05) is 31.2 Å². The summed E-state index contributed by atoms with van der Waals surface area (Å²) >= 11 is 0. The van der Waals surface area contributed by atoms with E-state index < -0.39 is 0 Å². The van der Waals surface area contributed by atoms with Gasteiger partial charge in [-0.2, -0.15) is 0 Å². The molecule has 0 aliphatic carbocycles. The van der Waals surface area contributed by atoms with Crippen molar-refractivity contribution in [3.8, 4) is 5.69 Å². The molecule has 1 fully saturated rings. The fourth-order valence-corrected chi connectivity index (χ4v) is 4.18. The maximum atomic E-state index is 13.6. The van der Waals surface area contributed by atoms with Crippen LogP contribution in [-0.2, 0) is 0 Å². The van der Waals surface area contributed by atoms with Crippen molar-refractivity contribution in [1.82, 2.24) is 9.55 Å². The fraction of sp³-hybridized carbons (Fsp3) is 0.192. The van der Waals surface area contributed by atoms with Crippen molar-refractivity contribution in [3.05, 3.63) is 94.0 Å². The summed E-state index contributed by atoms with van der Waals surface area (Å²) in [6.45, 7) is 3.65. The first-order valence-electron chi connectivity index (χ1n) is 11.0. The van der Waals surface area contributed by atoms with Gasteiger partial charge in [0.1, 0.15) is 5.82 Å². The molecule has 0 spiro atoms. The molecule has 166 valence electrons. The SMILES string of the molecule is Cc1cccc(-n2c(N3CCCC3)nc3cc(C(=O)Nc4ccc(F)cc4)ccc3c2=O)c1. The van der Waals surface area contributed by atoms with Crippen molar-refractivity contribution in [3.63, 3.8) is 0 Å². The third kappa shape index (κ3) is 4.09. The summed E-state index contributed by atoms with van der Waals surface area (Å²) in [5, 5.41) is 3.19. The number of benzene rings is 3. The number of nitrogens with zero attached hydrogens (tertiary/aromatic N) is 3. The van der Waals surface area contributed by atoms with Crippen LogP contribution in [0.2, 0.25) is 0 Å². The predicted molar refractivity (Wildman–Crippen MR) is 128 cm³/mol. The van der Waals surface area contributed by atoms with Crippen molar-refractivity contribution >= 4 is 28.4 Å². The summed E-state index contributed by atoms with van der Waals surface area (Å²) in [6, 6.07) is 18.3. The molecule has 3 aromatic carbocycles. The average molecular weight is 442 g/mol. The number of hydrogen-bond acceptors (Lipinski definition) is 4.